The van der Waals surface area contributed by atoms with Crippen molar-refractivity contribution in [1.29, 1.82) is 0 Å². The minimum Gasteiger partial charge on any atom is -0.370 e. The molecule has 0 fully saturated rings. The van der Waals surface area contributed by atoms with E-state index in [9.17, 15) is 0 Å². The molecule has 0 spiro atoms. The Morgan fingerprint density at radius 1 is 1.17 bits per heavy atom. The second-order valence-corrected chi connectivity index (χ2v) is 2.76. The summed E-state index contributed by atoms with van der Waals surface area (Å²) in [5.74, 6) is 0.0568. The Morgan fingerprint density at radius 3 is 2.33 bits per heavy atom. The van der Waals surface area contributed by atoms with E-state index in [0.29, 0.717) is 0 Å². The lowest BCUT2D eigenvalue weighted by Crippen LogP contribution is -2.28. The molecule has 0 rings (SSSR count). The third-order valence-electron chi connectivity index (χ3n) is 1.52. The van der Waals surface area contributed by atoms with Crippen LogP contribution in [0.15, 0.2) is 4.99 Å². The predicted molar refractivity (Wildman–Crippen MR) is 51.3 cm³/mol. The molecule has 0 aromatic heterocycles. The molecule has 5 heteroatoms. The van der Waals surface area contributed by atoms with Gasteiger partial charge in [-0.3, -0.25) is 0 Å². The number of nitrogens with two attached hydrogens (primary N) is 4. The van der Waals surface area contributed by atoms with Crippen molar-refractivity contribution in [2.24, 2.45) is 27.9 Å². The first-order valence-electron chi connectivity index (χ1n) is 4.21. The van der Waals surface area contributed by atoms with Crippen LogP contribution >= 0.6 is 0 Å². The van der Waals surface area contributed by atoms with E-state index in [-0.39, 0.29) is 12.1 Å². The summed E-state index contributed by atoms with van der Waals surface area (Å²) in [5, 5.41) is 0. The van der Waals surface area contributed by atoms with Crippen LogP contribution in [0.1, 0.15) is 25.7 Å². The first kappa shape index (κ1) is 11.2. The monoisotopic (exact) mass is 173 g/mol. The first-order valence-corrected chi connectivity index (χ1v) is 4.21. The smallest absolute Gasteiger partial charge is 0.187 e. The van der Waals surface area contributed by atoms with Gasteiger partial charge in [-0.15, -0.1) is 0 Å². The van der Waals surface area contributed by atoms with Crippen LogP contribution in [-0.4, -0.2) is 18.7 Å². The maximum Gasteiger partial charge on any atom is 0.187 e. The Kier molecular flexibility index (Phi) is 6.41. The van der Waals surface area contributed by atoms with Crippen molar-refractivity contribution >= 4 is 5.96 Å². The summed E-state index contributed by atoms with van der Waals surface area (Å²) in [5.41, 5.74) is 21.2. The Balaban J connectivity index is 3.32. The molecule has 0 aromatic carbocycles. The molecule has 1 unspecified atom stereocenters. The molecule has 72 valence electrons. The van der Waals surface area contributed by atoms with Gasteiger partial charge in [0.15, 0.2) is 5.96 Å². The lowest BCUT2D eigenvalue weighted by molar-refractivity contribution is 0.568. The van der Waals surface area contributed by atoms with Crippen LogP contribution in [0.3, 0.4) is 0 Å². The summed E-state index contributed by atoms with van der Waals surface area (Å²) in [6.07, 6.45) is 3.71. The summed E-state index contributed by atoms with van der Waals surface area (Å²) in [4.78, 5) is 3.79. The van der Waals surface area contributed by atoms with E-state index in [2.05, 4.69) is 4.99 Å². The molecule has 0 aliphatic rings. The minimum atomic E-state index is -0.257. The molecule has 1 atom stereocenters. The average Bonchev–Trinajstić information content (AvgIpc) is 1.97. The summed E-state index contributed by atoms with van der Waals surface area (Å²) >= 11 is 0. The van der Waals surface area contributed by atoms with Crippen molar-refractivity contribution < 1.29 is 0 Å². The van der Waals surface area contributed by atoms with Crippen LogP contribution in [0.4, 0.5) is 0 Å². The van der Waals surface area contributed by atoms with Gasteiger partial charge >= 0.3 is 0 Å². The summed E-state index contributed by atoms with van der Waals surface area (Å²) in [7, 11) is 0. The van der Waals surface area contributed by atoms with Crippen molar-refractivity contribution in [1.82, 2.24) is 0 Å². The Labute approximate surface area is 73.2 Å². The highest BCUT2D eigenvalue weighted by Crippen LogP contribution is 2.01. The number of aliphatic imine (C=N–C) groups is 1. The maximum absolute atomic E-state index is 5.58. The molecule has 5 nitrogen and oxygen atoms in total. The molecule has 0 aromatic rings. The van der Waals surface area contributed by atoms with Gasteiger partial charge in [0.25, 0.3) is 0 Å². The molecule has 0 aliphatic carbocycles. The van der Waals surface area contributed by atoms with Crippen LogP contribution in [0.25, 0.3) is 0 Å². The average molecular weight is 173 g/mol. The molecule has 0 bridgehead atoms. The van der Waals surface area contributed by atoms with Crippen LogP contribution in [-0.2, 0) is 0 Å². The van der Waals surface area contributed by atoms with Crippen LogP contribution in [0, 0.1) is 0 Å². The number of unbranched alkanes of at least 4 members (excludes halogenated alkanes) is 2. The number of nitrogens with zero attached hydrogens (tertiary/aromatic N) is 1. The zero-order valence-corrected chi connectivity index (χ0v) is 7.37. The fraction of sp³-hybridized carbons (Fsp3) is 0.857. The van der Waals surface area contributed by atoms with Gasteiger partial charge in [-0.1, -0.05) is 6.42 Å². The molecule has 0 amide bonds. The molecular formula is C7H19N5. The summed E-state index contributed by atoms with van der Waals surface area (Å²) in [6.45, 7) is 0.734. The minimum absolute atomic E-state index is 0.0568. The van der Waals surface area contributed by atoms with Crippen molar-refractivity contribution in [3.8, 4) is 0 Å². The first-order chi connectivity index (χ1) is 5.66. The predicted octanol–water partition coefficient (Wildman–Crippen LogP) is -0.936. The van der Waals surface area contributed by atoms with Crippen LogP contribution in [0.5, 0.6) is 0 Å². The fourth-order valence-corrected chi connectivity index (χ4v) is 0.931. The summed E-state index contributed by atoms with van der Waals surface area (Å²) in [6, 6.07) is 0. The normalized spacial score (nSPS) is 12.5. The van der Waals surface area contributed by atoms with E-state index in [1.54, 1.807) is 0 Å². The Hall–Kier alpha value is -0.810. The third-order valence-corrected chi connectivity index (χ3v) is 1.52. The number of guanidine groups is 1. The third kappa shape index (κ3) is 7.30. The standard InChI is InChI=1S/C7H19N5/c8-5-3-1-2-4-6(9)12-7(10)11/h6H,1-5,8-9H2,(H4,10,11,12). The fourth-order valence-electron chi connectivity index (χ4n) is 0.931. The highest BCUT2D eigenvalue weighted by atomic mass is 15.1. The van der Waals surface area contributed by atoms with E-state index in [4.69, 9.17) is 22.9 Å². The SMILES string of the molecule is NCCCCCC(N)N=C(N)N. The van der Waals surface area contributed by atoms with Crippen molar-refractivity contribution in [3.63, 3.8) is 0 Å². The molecule has 0 saturated heterocycles. The van der Waals surface area contributed by atoms with E-state index in [0.717, 1.165) is 32.2 Å². The Morgan fingerprint density at radius 2 is 1.83 bits per heavy atom. The number of rotatable bonds is 6. The Bertz CT molecular complexity index is 130. The lowest BCUT2D eigenvalue weighted by Gasteiger charge is -2.05. The van der Waals surface area contributed by atoms with Crippen molar-refractivity contribution in [2.45, 2.75) is 31.8 Å². The molecule has 12 heavy (non-hydrogen) atoms. The van der Waals surface area contributed by atoms with Gasteiger partial charge in [0.1, 0.15) is 6.17 Å². The number of hydrogen-bond donors (Lipinski definition) is 4. The lowest BCUT2D eigenvalue weighted by atomic mass is 10.2. The van der Waals surface area contributed by atoms with E-state index in [1.165, 1.54) is 0 Å². The molecule has 0 heterocycles. The number of hydrogen-bond acceptors (Lipinski definition) is 3. The second kappa shape index (κ2) is 6.87. The molecule has 0 radical (unpaired) electrons. The second-order valence-electron chi connectivity index (χ2n) is 2.76. The maximum atomic E-state index is 5.58. The quantitative estimate of drug-likeness (QED) is 0.236. The van der Waals surface area contributed by atoms with Gasteiger partial charge in [-0.25, -0.2) is 4.99 Å². The molecular weight excluding hydrogens is 154 g/mol. The van der Waals surface area contributed by atoms with Gasteiger partial charge in [0.2, 0.25) is 0 Å². The summed E-state index contributed by atoms with van der Waals surface area (Å²) < 4.78 is 0. The molecule has 0 aliphatic heterocycles. The van der Waals surface area contributed by atoms with Crippen molar-refractivity contribution in [3.05, 3.63) is 0 Å². The molecule has 8 N–H and O–H groups in total. The zero-order chi connectivity index (χ0) is 9.40. The zero-order valence-electron chi connectivity index (χ0n) is 7.37. The topological polar surface area (TPSA) is 116 Å². The highest BCUT2D eigenvalue weighted by molar-refractivity contribution is 5.75. The highest BCUT2D eigenvalue weighted by Gasteiger charge is 1.98. The van der Waals surface area contributed by atoms with Gasteiger partial charge in [-0.05, 0) is 25.8 Å². The largest absolute Gasteiger partial charge is 0.370 e. The van der Waals surface area contributed by atoms with Crippen LogP contribution in [0.2, 0.25) is 0 Å². The van der Waals surface area contributed by atoms with E-state index < -0.39 is 0 Å². The van der Waals surface area contributed by atoms with E-state index >= 15 is 0 Å². The van der Waals surface area contributed by atoms with Gasteiger partial charge < -0.3 is 22.9 Å². The van der Waals surface area contributed by atoms with Crippen molar-refractivity contribution in [2.75, 3.05) is 6.54 Å². The van der Waals surface area contributed by atoms with Crippen LogP contribution < -0.4 is 22.9 Å². The van der Waals surface area contributed by atoms with E-state index in [1.807, 2.05) is 0 Å². The molecule has 0 saturated carbocycles. The van der Waals surface area contributed by atoms with Gasteiger partial charge in [0.05, 0.1) is 0 Å². The van der Waals surface area contributed by atoms with Gasteiger partial charge in [0, 0.05) is 0 Å². The van der Waals surface area contributed by atoms with Gasteiger partial charge in [-0.2, -0.15) is 0 Å².